The first-order valence-electron chi connectivity index (χ1n) is 5.63. The summed E-state index contributed by atoms with van der Waals surface area (Å²) in [4.78, 5) is 16.0. The summed E-state index contributed by atoms with van der Waals surface area (Å²) in [6, 6.07) is 10.1. The van der Waals surface area contributed by atoms with Gasteiger partial charge in [0.05, 0.1) is 21.6 Å². The first-order chi connectivity index (χ1) is 9.08. The summed E-state index contributed by atoms with van der Waals surface area (Å²) in [6.45, 7) is 1.64. The Balaban J connectivity index is 2.24. The van der Waals surface area contributed by atoms with E-state index in [0.717, 1.165) is 4.90 Å². The molecule has 1 aromatic heterocycles. The highest BCUT2D eigenvalue weighted by Gasteiger charge is 2.13. The van der Waals surface area contributed by atoms with Crippen LogP contribution >= 0.6 is 11.8 Å². The van der Waals surface area contributed by atoms with Crippen molar-refractivity contribution in [3.8, 4) is 0 Å². The zero-order chi connectivity index (χ0) is 13.8. The summed E-state index contributed by atoms with van der Waals surface area (Å²) in [5, 5.41) is 20.3. The van der Waals surface area contributed by atoms with Gasteiger partial charge in [0, 0.05) is 17.2 Å². The Morgan fingerprint density at radius 1 is 1.32 bits per heavy atom. The third kappa shape index (κ3) is 3.30. The zero-order valence-electron chi connectivity index (χ0n) is 10.2. The Morgan fingerprint density at radius 3 is 2.63 bits per heavy atom. The molecule has 98 valence electrons. The van der Waals surface area contributed by atoms with Crippen molar-refractivity contribution in [3.63, 3.8) is 0 Å². The molecule has 2 rings (SSSR count). The Morgan fingerprint density at radius 2 is 2.05 bits per heavy atom. The first-order valence-corrected chi connectivity index (χ1v) is 6.45. The smallest absolute Gasteiger partial charge is 0.283 e. The molecule has 1 atom stereocenters. The average molecular weight is 276 g/mol. The molecule has 0 unspecified atom stereocenters. The van der Waals surface area contributed by atoms with Crippen molar-refractivity contribution in [2.45, 2.75) is 22.8 Å². The van der Waals surface area contributed by atoms with E-state index >= 15 is 0 Å². The molecule has 0 aliphatic rings. The highest BCUT2D eigenvalue weighted by Crippen LogP contribution is 2.34. The second-order valence-electron chi connectivity index (χ2n) is 3.92. The van der Waals surface area contributed by atoms with Gasteiger partial charge in [0.15, 0.2) is 0 Å². The van der Waals surface area contributed by atoms with Crippen LogP contribution in [0.15, 0.2) is 52.4 Å². The lowest BCUT2D eigenvalue weighted by atomic mass is 10.2. The molecule has 0 fully saturated rings. The SMILES string of the molecule is C[C@H](O)c1ccc(Sc2ccccc2[N+](=O)[O-])cn1. The number of hydrogen-bond donors (Lipinski definition) is 1. The number of aliphatic hydroxyl groups excluding tert-OH is 1. The van der Waals surface area contributed by atoms with E-state index in [4.69, 9.17) is 0 Å². The van der Waals surface area contributed by atoms with Gasteiger partial charge in [-0.3, -0.25) is 15.1 Å². The van der Waals surface area contributed by atoms with Crippen molar-refractivity contribution in [1.82, 2.24) is 4.98 Å². The topological polar surface area (TPSA) is 76.3 Å². The lowest BCUT2D eigenvalue weighted by molar-refractivity contribution is -0.387. The number of aliphatic hydroxyl groups is 1. The van der Waals surface area contributed by atoms with E-state index in [1.54, 1.807) is 43.5 Å². The molecule has 0 aliphatic heterocycles. The number of para-hydroxylation sites is 1. The van der Waals surface area contributed by atoms with Crippen LogP contribution in [-0.4, -0.2) is 15.0 Å². The summed E-state index contributed by atoms with van der Waals surface area (Å²) in [5.74, 6) is 0. The number of nitro groups is 1. The highest BCUT2D eigenvalue weighted by atomic mass is 32.2. The summed E-state index contributed by atoms with van der Waals surface area (Å²) >= 11 is 1.28. The lowest BCUT2D eigenvalue weighted by Crippen LogP contribution is -1.94. The number of nitro benzene ring substituents is 1. The van der Waals surface area contributed by atoms with Crippen molar-refractivity contribution in [2.75, 3.05) is 0 Å². The van der Waals surface area contributed by atoms with Crippen LogP contribution < -0.4 is 0 Å². The van der Waals surface area contributed by atoms with E-state index in [0.29, 0.717) is 10.6 Å². The van der Waals surface area contributed by atoms with Crippen molar-refractivity contribution in [1.29, 1.82) is 0 Å². The minimum Gasteiger partial charge on any atom is -0.387 e. The van der Waals surface area contributed by atoms with E-state index in [1.807, 2.05) is 0 Å². The zero-order valence-corrected chi connectivity index (χ0v) is 11.0. The summed E-state index contributed by atoms with van der Waals surface area (Å²) < 4.78 is 0. The normalized spacial score (nSPS) is 12.1. The molecular formula is C13H12N2O3S. The maximum absolute atomic E-state index is 10.9. The van der Waals surface area contributed by atoms with Crippen molar-refractivity contribution in [3.05, 3.63) is 58.4 Å². The van der Waals surface area contributed by atoms with Crippen molar-refractivity contribution in [2.24, 2.45) is 0 Å². The number of aromatic nitrogens is 1. The van der Waals surface area contributed by atoms with Crippen LogP contribution in [0, 0.1) is 10.1 Å². The minimum absolute atomic E-state index is 0.0760. The highest BCUT2D eigenvalue weighted by molar-refractivity contribution is 7.99. The van der Waals surface area contributed by atoms with E-state index in [9.17, 15) is 15.2 Å². The van der Waals surface area contributed by atoms with Gasteiger partial charge in [-0.1, -0.05) is 23.9 Å². The molecule has 0 spiro atoms. The Hall–Kier alpha value is -1.92. The van der Waals surface area contributed by atoms with Gasteiger partial charge in [0.2, 0.25) is 0 Å². The van der Waals surface area contributed by atoms with Gasteiger partial charge in [-0.05, 0) is 25.1 Å². The van der Waals surface area contributed by atoms with E-state index in [1.165, 1.54) is 17.8 Å². The van der Waals surface area contributed by atoms with Crippen molar-refractivity contribution >= 4 is 17.4 Å². The molecule has 1 heterocycles. The second-order valence-corrected chi connectivity index (χ2v) is 5.04. The van der Waals surface area contributed by atoms with Crippen LogP contribution in [0.5, 0.6) is 0 Å². The Bertz CT molecular complexity index is 585. The quantitative estimate of drug-likeness (QED) is 0.685. The van der Waals surface area contributed by atoms with Gasteiger partial charge in [0.1, 0.15) is 0 Å². The largest absolute Gasteiger partial charge is 0.387 e. The van der Waals surface area contributed by atoms with Gasteiger partial charge >= 0.3 is 0 Å². The molecule has 19 heavy (non-hydrogen) atoms. The number of pyridine rings is 1. The van der Waals surface area contributed by atoms with Crippen LogP contribution in [0.2, 0.25) is 0 Å². The minimum atomic E-state index is -0.620. The molecule has 0 bridgehead atoms. The van der Waals surface area contributed by atoms with Crippen LogP contribution in [0.4, 0.5) is 5.69 Å². The number of benzene rings is 1. The Labute approximate surface area is 114 Å². The first kappa shape index (κ1) is 13.5. The van der Waals surface area contributed by atoms with E-state index in [2.05, 4.69) is 4.98 Å². The third-order valence-corrected chi connectivity index (χ3v) is 3.52. The molecule has 1 N–H and O–H groups in total. The number of hydrogen-bond acceptors (Lipinski definition) is 5. The standard InChI is InChI=1S/C13H12N2O3S/c1-9(16)11-7-6-10(8-14-11)19-13-5-3-2-4-12(13)15(17)18/h2-9,16H,1H3/t9-/m0/s1. The predicted octanol–water partition coefficient (Wildman–Crippen LogP) is 3.19. The molecule has 2 aromatic rings. The van der Waals surface area contributed by atoms with Crippen LogP contribution in [-0.2, 0) is 0 Å². The molecule has 0 amide bonds. The molecule has 0 radical (unpaired) electrons. The summed E-state index contributed by atoms with van der Waals surface area (Å²) in [5.41, 5.74) is 0.652. The summed E-state index contributed by atoms with van der Waals surface area (Å²) in [7, 11) is 0. The van der Waals surface area contributed by atoms with Gasteiger partial charge in [-0.25, -0.2) is 0 Å². The van der Waals surface area contributed by atoms with Crippen LogP contribution in [0.1, 0.15) is 18.7 Å². The maximum Gasteiger partial charge on any atom is 0.283 e. The third-order valence-electron chi connectivity index (χ3n) is 2.48. The lowest BCUT2D eigenvalue weighted by Gasteiger charge is -2.05. The molecule has 6 heteroatoms. The van der Waals surface area contributed by atoms with Crippen LogP contribution in [0.25, 0.3) is 0 Å². The average Bonchev–Trinajstić information content (AvgIpc) is 2.39. The van der Waals surface area contributed by atoms with Gasteiger partial charge in [-0.15, -0.1) is 0 Å². The van der Waals surface area contributed by atoms with Gasteiger partial charge in [-0.2, -0.15) is 0 Å². The fraction of sp³-hybridized carbons (Fsp3) is 0.154. The molecule has 0 saturated carbocycles. The fourth-order valence-electron chi connectivity index (χ4n) is 1.52. The summed E-state index contributed by atoms with van der Waals surface area (Å²) in [6.07, 6.45) is 0.980. The second kappa shape index (κ2) is 5.81. The monoisotopic (exact) mass is 276 g/mol. The molecule has 0 saturated heterocycles. The van der Waals surface area contributed by atoms with Crippen LogP contribution in [0.3, 0.4) is 0 Å². The van der Waals surface area contributed by atoms with E-state index in [-0.39, 0.29) is 5.69 Å². The number of rotatable bonds is 4. The fourth-order valence-corrected chi connectivity index (χ4v) is 2.41. The molecular weight excluding hydrogens is 264 g/mol. The van der Waals surface area contributed by atoms with Gasteiger partial charge < -0.3 is 5.11 Å². The number of nitrogens with zero attached hydrogens (tertiary/aromatic N) is 2. The van der Waals surface area contributed by atoms with E-state index < -0.39 is 11.0 Å². The molecule has 1 aromatic carbocycles. The Kier molecular flexibility index (Phi) is 4.13. The van der Waals surface area contributed by atoms with Gasteiger partial charge in [0.25, 0.3) is 5.69 Å². The van der Waals surface area contributed by atoms with Crippen molar-refractivity contribution < 1.29 is 10.0 Å². The molecule has 5 nitrogen and oxygen atoms in total. The maximum atomic E-state index is 10.9. The molecule has 0 aliphatic carbocycles. The predicted molar refractivity (Wildman–Crippen MR) is 72.1 cm³/mol.